The zero-order valence-electron chi connectivity index (χ0n) is 7.16. The average Bonchev–Trinajstić information content (AvgIpc) is 2.11. The molecule has 0 bridgehead atoms. The monoisotopic (exact) mass is 231 g/mol. The summed E-state index contributed by atoms with van der Waals surface area (Å²) in [6.45, 7) is 0.833. The van der Waals surface area contributed by atoms with E-state index in [9.17, 15) is 0 Å². The minimum atomic E-state index is 0.397. The second-order valence-corrected chi connectivity index (χ2v) is 3.74. The van der Waals surface area contributed by atoms with Gasteiger partial charge in [0.05, 0.1) is 0 Å². The van der Waals surface area contributed by atoms with Crippen LogP contribution in [-0.4, -0.2) is 30.2 Å². The molecule has 0 heterocycles. The minimum Gasteiger partial charge on any atom is -0.312 e. The summed E-state index contributed by atoms with van der Waals surface area (Å²) < 4.78 is 0. The Labute approximate surface area is 89.8 Å². The lowest BCUT2D eigenvalue weighted by Crippen LogP contribution is -2.32. The maximum Gasteiger partial charge on any atom is 0.0377 e. The van der Waals surface area contributed by atoms with Crippen molar-refractivity contribution >= 4 is 34.8 Å². The van der Waals surface area contributed by atoms with Crippen LogP contribution in [0.5, 0.6) is 0 Å². The first-order valence-electron chi connectivity index (χ1n) is 4.26. The molecule has 0 saturated heterocycles. The third kappa shape index (κ3) is 7.48. The Morgan fingerprint density at radius 1 is 1.00 bits per heavy atom. The largest absolute Gasteiger partial charge is 0.312 e. The number of unbranched alkanes of at least 4 members (excludes halogenated alkanes) is 1. The van der Waals surface area contributed by atoms with E-state index in [0.29, 0.717) is 17.8 Å². The van der Waals surface area contributed by atoms with Gasteiger partial charge in [-0.1, -0.05) is 6.42 Å². The van der Waals surface area contributed by atoms with E-state index in [2.05, 4.69) is 5.32 Å². The normalized spacial score (nSPS) is 13.2. The number of hydrogen-bond acceptors (Lipinski definition) is 1. The van der Waals surface area contributed by atoms with Crippen molar-refractivity contribution < 1.29 is 0 Å². The van der Waals surface area contributed by atoms with Crippen LogP contribution in [0.2, 0.25) is 0 Å². The van der Waals surface area contributed by atoms with E-state index in [1.54, 1.807) is 0 Å². The zero-order valence-corrected chi connectivity index (χ0v) is 9.43. The van der Waals surface area contributed by atoms with E-state index in [-0.39, 0.29) is 0 Å². The lowest BCUT2D eigenvalue weighted by atomic mass is 10.1. The molecule has 0 saturated carbocycles. The summed E-state index contributed by atoms with van der Waals surface area (Å²) in [7, 11) is 0. The van der Waals surface area contributed by atoms with Gasteiger partial charge in [0.2, 0.25) is 0 Å². The van der Waals surface area contributed by atoms with Crippen LogP contribution >= 0.6 is 34.8 Å². The molecule has 0 amide bonds. The number of alkyl halides is 3. The fraction of sp³-hybridized carbons (Fsp3) is 1.00. The summed E-state index contributed by atoms with van der Waals surface area (Å²) in [4.78, 5) is 0. The van der Waals surface area contributed by atoms with Crippen molar-refractivity contribution in [2.24, 2.45) is 0 Å². The molecule has 0 radical (unpaired) electrons. The molecule has 1 N–H and O–H groups in total. The highest BCUT2D eigenvalue weighted by Crippen LogP contribution is 2.03. The van der Waals surface area contributed by atoms with Gasteiger partial charge in [-0.3, -0.25) is 0 Å². The fourth-order valence-corrected chi connectivity index (χ4v) is 1.54. The Balaban J connectivity index is 3.26. The molecule has 0 aromatic carbocycles. The Bertz CT molecular complexity index is 90.4. The van der Waals surface area contributed by atoms with Gasteiger partial charge in [-0.15, -0.1) is 34.8 Å². The Kier molecular flexibility index (Phi) is 10.6. The van der Waals surface area contributed by atoms with Gasteiger partial charge >= 0.3 is 0 Å². The molecule has 4 heteroatoms. The van der Waals surface area contributed by atoms with E-state index in [4.69, 9.17) is 34.8 Å². The molecule has 0 aromatic rings. The molecule has 1 atom stereocenters. The summed E-state index contributed by atoms with van der Waals surface area (Å²) in [6, 6.07) is 0.397. The average molecular weight is 233 g/mol. The summed E-state index contributed by atoms with van der Waals surface area (Å²) in [5.74, 6) is 2.03. The Morgan fingerprint density at radius 2 is 1.75 bits per heavy atom. The molecule has 0 spiro atoms. The third-order valence-electron chi connectivity index (χ3n) is 1.65. The van der Waals surface area contributed by atoms with Gasteiger partial charge in [0.15, 0.2) is 0 Å². The summed E-state index contributed by atoms with van der Waals surface area (Å²) in [6.07, 6.45) is 3.29. The standard InChI is InChI=1S/C8H16Cl3N/c9-4-2-1-3-8(7-11)12-6-5-10/h8,12H,1-7H2/t8-/m0/s1. The highest BCUT2D eigenvalue weighted by atomic mass is 35.5. The quantitative estimate of drug-likeness (QED) is 0.501. The minimum absolute atomic E-state index is 0.397. The predicted molar refractivity (Wildman–Crippen MR) is 57.8 cm³/mol. The van der Waals surface area contributed by atoms with Crippen molar-refractivity contribution in [3.05, 3.63) is 0 Å². The van der Waals surface area contributed by atoms with Gasteiger partial charge in [0, 0.05) is 30.2 Å². The Hall–Kier alpha value is 0.830. The maximum atomic E-state index is 5.74. The van der Waals surface area contributed by atoms with Gasteiger partial charge in [-0.05, 0) is 12.8 Å². The van der Waals surface area contributed by atoms with Crippen LogP contribution in [0.25, 0.3) is 0 Å². The molecule has 74 valence electrons. The van der Waals surface area contributed by atoms with Crippen LogP contribution in [0.1, 0.15) is 19.3 Å². The van der Waals surface area contributed by atoms with Crippen LogP contribution in [0.15, 0.2) is 0 Å². The van der Waals surface area contributed by atoms with Gasteiger partial charge in [0.1, 0.15) is 0 Å². The van der Waals surface area contributed by atoms with Crippen molar-refractivity contribution in [2.75, 3.05) is 24.2 Å². The molecule has 0 aliphatic carbocycles. The van der Waals surface area contributed by atoms with Crippen molar-refractivity contribution in [3.8, 4) is 0 Å². The van der Waals surface area contributed by atoms with E-state index in [1.165, 1.54) is 0 Å². The molecule has 1 nitrogen and oxygen atoms in total. The van der Waals surface area contributed by atoms with Crippen LogP contribution in [0.4, 0.5) is 0 Å². The number of halogens is 3. The topological polar surface area (TPSA) is 12.0 Å². The molecule has 0 aromatic heterocycles. The second kappa shape index (κ2) is 9.91. The molecular weight excluding hydrogens is 216 g/mol. The van der Waals surface area contributed by atoms with Gasteiger partial charge in [0.25, 0.3) is 0 Å². The van der Waals surface area contributed by atoms with E-state index < -0.39 is 0 Å². The van der Waals surface area contributed by atoms with E-state index in [0.717, 1.165) is 31.7 Å². The molecule has 0 rings (SSSR count). The number of nitrogens with one attached hydrogen (secondary N) is 1. The highest BCUT2D eigenvalue weighted by Gasteiger charge is 2.04. The van der Waals surface area contributed by atoms with E-state index in [1.807, 2.05) is 0 Å². The van der Waals surface area contributed by atoms with Gasteiger partial charge < -0.3 is 5.32 Å². The summed E-state index contributed by atoms with van der Waals surface area (Å²) >= 11 is 16.8. The zero-order chi connectivity index (χ0) is 9.23. The SMILES string of the molecule is ClCCCC[C@@H](CCl)NCCCl. The molecule has 0 unspecified atom stereocenters. The first kappa shape index (κ1) is 12.8. The second-order valence-electron chi connectivity index (χ2n) is 2.68. The van der Waals surface area contributed by atoms with Crippen molar-refractivity contribution in [1.82, 2.24) is 5.32 Å². The van der Waals surface area contributed by atoms with Crippen LogP contribution < -0.4 is 5.32 Å². The molecular formula is C8H16Cl3N. The smallest absolute Gasteiger partial charge is 0.0377 e. The first-order valence-corrected chi connectivity index (χ1v) is 5.86. The molecule has 12 heavy (non-hydrogen) atoms. The van der Waals surface area contributed by atoms with Crippen LogP contribution in [-0.2, 0) is 0 Å². The molecule has 0 fully saturated rings. The lowest BCUT2D eigenvalue weighted by Gasteiger charge is -2.14. The highest BCUT2D eigenvalue weighted by molar-refractivity contribution is 6.18. The predicted octanol–water partition coefficient (Wildman–Crippen LogP) is 2.83. The third-order valence-corrected chi connectivity index (χ3v) is 2.48. The van der Waals surface area contributed by atoms with Gasteiger partial charge in [-0.2, -0.15) is 0 Å². The van der Waals surface area contributed by atoms with Crippen LogP contribution in [0, 0.1) is 0 Å². The Morgan fingerprint density at radius 3 is 2.25 bits per heavy atom. The summed E-state index contributed by atoms with van der Waals surface area (Å²) in [5.41, 5.74) is 0. The first-order chi connectivity index (χ1) is 5.85. The fourth-order valence-electron chi connectivity index (χ4n) is 0.978. The summed E-state index contributed by atoms with van der Waals surface area (Å²) in [5, 5.41) is 3.27. The number of rotatable bonds is 8. The maximum absolute atomic E-state index is 5.74. The molecule has 0 aliphatic rings. The van der Waals surface area contributed by atoms with Gasteiger partial charge in [-0.25, -0.2) is 0 Å². The van der Waals surface area contributed by atoms with E-state index >= 15 is 0 Å². The van der Waals surface area contributed by atoms with Crippen LogP contribution in [0.3, 0.4) is 0 Å². The van der Waals surface area contributed by atoms with Crippen molar-refractivity contribution in [2.45, 2.75) is 25.3 Å². The lowest BCUT2D eigenvalue weighted by molar-refractivity contribution is 0.515. The molecule has 0 aliphatic heterocycles. The number of hydrogen-bond donors (Lipinski definition) is 1. The van der Waals surface area contributed by atoms with Crippen molar-refractivity contribution in [1.29, 1.82) is 0 Å². The van der Waals surface area contributed by atoms with Crippen molar-refractivity contribution in [3.63, 3.8) is 0 Å².